The number of aryl methyl sites for hydroxylation is 2. The standard InChI is InChI=1S/C11H14N2/c1-3-4-9-5-6-10-8-12-13(2)11(10)7-9/h5-8H,3-4H2,1-2H3. The molecule has 1 heterocycles. The van der Waals surface area contributed by atoms with Gasteiger partial charge in [0, 0.05) is 12.4 Å². The molecule has 2 rings (SSSR count). The Morgan fingerprint density at radius 3 is 3.00 bits per heavy atom. The molecule has 0 unspecified atom stereocenters. The summed E-state index contributed by atoms with van der Waals surface area (Å²) in [6.45, 7) is 2.20. The first-order valence-corrected chi connectivity index (χ1v) is 4.72. The van der Waals surface area contributed by atoms with E-state index < -0.39 is 0 Å². The summed E-state index contributed by atoms with van der Waals surface area (Å²) in [6.07, 6.45) is 4.26. The van der Waals surface area contributed by atoms with Gasteiger partial charge in [0.15, 0.2) is 0 Å². The third-order valence-corrected chi connectivity index (χ3v) is 2.35. The first-order valence-electron chi connectivity index (χ1n) is 4.72. The van der Waals surface area contributed by atoms with Crippen LogP contribution in [0.25, 0.3) is 10.9 Å². The largest absolute Gasteiger partial charge is 0.268 e. The topological polar surface area (TPSA) is 17.8 Å². The molecule has 2 aromatic rings. The molecule has 0 aliphatic heterocycles. The fourth-order valence-corrected chi connectivity index (χ4v) is 1.63. The Hall–Kier alpha value is -1.31. The van der Waals surface area contributed by atoms with Gasteiger partial charge in [-0.1, -0.05) is 25.5 Å². The molecular weight excluding hydrogens is 160 g/mol. The normalized spacial score (nSPS) is 10.9. The van der Waals surface area contributed by atoms with Crippen LogP contribution >= 0.6 is 0 Å². The van der Waals surface area contributed by atoms with Gasteiger partial charge >= 0.3 is 0 Å². The van der Waals surface area contributed by atoms with Crippen molar-refractivity contribution in [2.45, 2.75) is 19.8 Å². The summed E-state index contributed by atoms with van der Waals surface area (Å²) < 4.78 is 1.93. The van der Waals surface area contributed by atoms with E-state index >= 15 is 0 Å². The van der Waals surface area contributed by atoms with Crippen molar-refractivity contribution in [2.75, 3.05) is 0 Å². The van der Waals surface area contributed by atoms with Crippen LogP contribution in [0, 0.1) is 0 Å². The van der Waals surface area contributed by atoms with E-state index in [9.17, 15) is 0 Å². The van der Waals surface area contributed by atoms with Crippen molar-refractivity contribution in [3.05, 3.63) is 30.0 Å². The Morgan fingerprint density at radius 1 is 1.38 bits per heavy atom. The average molecular weight is 174 g/mol. The quantitative estimate of drug-likeness (QED) is 0.684. The van der Waals surface area contributed by atoms with Crippen molar-refractivity contribution in [3.8, 4) is 0 Å². The minimum Gasteiger partial charge on any atom is -0.268 e. The third-order valence-electron chi connectivity index (χ3n) is 2.35. The molecular formula is C11H14N2. The number of fused-ring (bicyclic) bond motifs is 1. The molecule has 0 bridgehead atoms. The van der Waals surface area contributed by atoms with Gasteiger partial charge in [-0.15, -0.1) is 0 Å². The van der Waals surface area contributed by atoms with Gasteiger partial charge < -0.3 is 0 Å². The Morgan fingerprint density at radius 2 is 2.23 bits per heavy atom. The van der Waals surface area contributed by atoms with Crippen LogP contribution < -0.4 is 0 Å². The predicted molar refractivity (Wildman–Crippen MR) is 54.7 cm³/mol. The summed E-state index contributed by atoms with van der Waals surface area (Å²) in [5, 5.41) is 5.44. The molecule has 0 saturated carbocycles. The lowest BCUT2D eigenvalue weighted by atomic mass is 10.1. The molecule has 0 fully saturated rings. The van der Waals surface area contributed by atoms with Crippen LogP contribution in [-0.4, -0.2) is 9.78 Å². The van der Waals surface area contributed by atoms with E-state index in [2.05, 4.69) is 30.2 Å². The van der Waals surface area contributed by atoms with Gasteiger partial charge in [0.25, 0.3) is 0 Å². The van der Waals surface area contributed by atoms with Gasteiger partial charge in [-0.3, -0.25) is 4.68 Å². The van der Waals surface area contributed by atoms with Crippen molar-refractivity contribution < 1.29 is 0 Å². The van der Waals surface area contributed by atoms with E-state index in [1.807, 2.05) is 17.9 Å². The van der Waals surface area contributed by atoms with Crippen molar-refractivity contribution >= 4 is 10.9 Å². The summed E-state index contributed by atoms with van der Waals surface area (Å²) >= 11 is 0. The maximum absolute atomic E-state index is 4.21. The fraction of sp³-hybridized carbons (Fsp3) is 0.364. The number of hydrogen-bond donors (Lipinski definition) is 0. The van der Waals surface area contributed by atoms with Crippen molar-refractivity contribution in [1.82, 2.24) is 9.78 Å². The first-order chi connectivity index (χ1) is 6.31. The molecule has 0 radical (unpaired) electrons. The second-order valence-corrected chi connectivity index (χ2v) is 3.41. The van der Waals surface area contributed by atoms with Crippen LogP contribution in [0.1, 0.15) is 18.9 Å². The molecule has 0 spiro atoms. The summed E-state index contributed by atoms with van der Waals surface area (Å²) in [5.74, 6) is 0. The number of nitrogens with zero attached hydrogens (tertiary/aromatic N) is 2. The van der Waals surface area contributed by atoms with Crippen LogP contribution in [0.2, 0.25) is 0 Å². The molecule has 2 nitrogen and oxygen atoms in total. The second-order valence-electron chi connectivity index (χ2n) is 3.41. The highest BCUT2D eigenvalue weighted by molar-refractivity contribution is 5.79. The maximum atomic E-state index is 4.21. The molecule has 1 aromatic heterocycles. The average Bonchev–Trinajstić information content (AvgIpc) is 2.49. The van der Waals surface area contributed by atoms with E-state index in [1.54, 1.807) is 0 Å². The molecule has 2 heteroatoms. The summed E-state index contributed by atoms with van der Waals surface area (Å²) in [5.41, 5.74) is 2.63. The molecule has 13 heavy (non-hydrogen) atoms. The SMILES string of the molecule is CCCc1ccc2cnn(C)c2c1. The molecule has 0 aliphatic carbocycles. The van der Waals surface area contributed by atoms with E-state index in [1.165, 1.54) is 22.9 Å². The molecule has 0 N–H and O–H groups in total. The molecule has 1 aromatic carbocycles. The minimum absolute atomic E-state index is 1.15. The fourth-order valence-electron chi connectivity index (χ4n) is 1.63. The van der Waals surface area contributed by atoms with Crippen LogP contribution in [0.4, 0.5) is 0 Å². The summed E-state index contributed by atoms with van der Waals surface area (Å²) in [7, 11) is 1.98. The first kappa shape index (κ1) is 8.30. The Labute approximate surface area is 78.2 Å². The lowest BCUT2D eigenvalue weighted by Crippen LogP contribution is -1.90. The van der Waals surface area contributed by atoms with Crippen LogP contribution in [0.15, 0.2) is 24.4 Å². The van der Waals surface area contributed by atoms with Crippen LogP contribution in [0.3, 0.4) is 0 Å². The molecule has 0 aliphatic rings. The maximum Gasteiger partial charge on any atom is 0.0681 e. The Bertz CT molecular complexity index is 415. The van der Waals surface area contributed by atoms with Gasteiger partial charge in [0.2, 0.25) is 0 Å². The number of aromatic nitrogens is 2. The number of hydrogen-bond acceptors (Lipinski definition) is 1. The van der Waals surface area contributed by atoms with E-state index in [0.29, 0.717) is 0 Å². The van der Waals surface area contributed by atoms with Crippen LogP contribution in [-0.2, 0) is 13.5 Å². The van der Waals surface area contributed by atoms with Gasteiger partial charge in [0.1, 0.15) is 0 Å². The highest BCUT2D eigenvalue weighted by Gasteiger charge is 1.99. The molecule has 0 atom stereocenters. The number of benzene rings is 1. The lowest BCUT2D eigenvalue weighted by Gasteiger charge is -1.99. The lowest BCUT2D eigenvalue weighted by molar-refractivity contribution is 0.795. The number of rotatable bonds is 2. The van der Waals surface area contributed by atoms with Gasteiger partial charge in [0.05, 0.1) is 11.7 Å². The van der Waals surface area contributed by atoms with Gasteiger partial charge in [-0.05, 0) is 18.1 Å². The Balaban J connectivity index is 2.53. The van der Waals surface area contributed by atoms with E-state index in [0.717, 1.165) is 6.42 Å². The summed E-state index contributed by atoms with van der Waals surface area (Å²) in [6, 6.07) is 6.56. The predicted octanol–water partition coefficient (Wildman–Crippen LogP) is 2.53. The zero-order chi connectivity index (χ0) is 9.26. The van der Waals surface area contributed by atoms with Crippen molar-refractivity contribution in [3.63, 3.8) is 0 Å². The second kappa shape index (κ2) is 3.21. The third kappa shape index (κ3) is 1.44. The summed E-state index contributed by atoms with van der Waals surface area (Å²) in [4.78, 5) is 0. The van der Waals surface area contributed by atoms with Gasteiger partial charge in [-0.2, -0.15) is 5.10 Å². The van der Waals surface area contributed by atoms with Crippen molar-refractivity contribution in [1.29, 1.82) is 0 Å². The zero-order valence-corrected chi connectivity index (χ0v) is 8.12. The smallest absolute Gasteiger partial charge is 0.0681 e. The zero-order valence-electron chi connectivity index (χ0n) is 8.12. The van der Waals surface area contributed by atoms with E-state index in [-0.39, 0.29) is 0 Å². The van der Waals surface area contributed by atoms with Crippen molar-refractivity contribution in [2.24, 2.45) is 7.05 Å². The highest BCUT2D eigenvalue weighted by atomic mass is 15.2. The molecule has 0 amide bonds. The monoisotopic (exact) mass is 174 g/mol. The van der Waals surface area contributed by atoms with Crippen LogP contribution in [0.5, 0.6) is 0 Å². The Kier molecular flexibility index (Phi) is 2.05. The minimum atomic E-state index is 1.15. The van der Waals surface area contributed by atoms with E-state index in [4.69, 9.17) is 0 Å². The molecule has 68 valence electrons. The molecule has 0 saturated heterocycles. The van der Waals surface area contributed by atoms with Gasteiger partial charge in [-0.25, -0.2) is 0 Å². The highest BCUT2D eigenvalue weighted by Crippen LogP contribution is 2.15.